The largest absolute Gasteiger partial charge is 0.458 e. The van der Waals surface area contributed by atoms with Gasteiger partial charge in [0.1, 0.15) is 6.10 Å². The summed E-state index contributed by atoms with van der Waals surface area (Å²) in [6.07, 6.45) is 0.865. The van der Waals surface area contributed by atoms with Gasteiger partial charge in [-0.25, -0.2) is 4.79 Å². The summed E-state index contributed by atoms with van der Waals surface area (Å²) >= 11 is 0. The highest BCUT2D eigenvalue weighted by atomic mass is 31.1. The van der Waals surface area contributed by atoms with E-state index in [1.165, 1.54) is 10.6 Å². The Labute approximate surface area is 217 Å². The molecule has 3 aromatic rings. The smallest absolute Gasteiger partial charge is 0.339 e. The lowest BCUT2D eigenvalue weighted by Crippen LogP contribution is -2.39. The lowest BCUT2D eigenvalue weighted by atomic mass is 9.91. The third kappa shape index (κ3) is 6.82. The molecule has 1 aliphatic heterocycles. The number of carbonyl (C=O) groups is 1. The Hall–Kier alpha value is -2.52. The van der Waals surface area contributed by atoms with Crippen LogP contribution in [-0.4, -0.2) is 49.8 Å². The predicted octanol–water partition coefficient (Wildman–Crippen LogP) is 4.98. The van der Waals surface area contributed by atoms with Crippen molar-refractivity contribution in [2.75, 3.05) is 32.8 Å². The molecular weight excluding hydrogens is 465 g/mol. The van der Waals surface area contributed by atoms with Crippen molar-refractivity contribution >= 4 is 29.8 Å². The van der Waals surface area contributed by atoms with Crippen LogP contribution in [0.25, 0.3) is 0 Å². The standard InChI is InChI=1S/C31H38NO3P/c1-24(2)30(25(3)18-19-32-20-22-34-23-21-32)35-31(33)28-16-10-11-17-29(28)36(26-12-6-4-7-13-26)27-14-8-5-9-15-27/h4-17,24-25,30H,18-23H2,1-3H3/t25-,30-/m1/s1. The Kier molecular flexibility index (Phi) is 9.69. The van der Waals surface area contributed by atoms with E-state index in [9.17, 15) is 4.79 Å². The first-order valence-electron chi connectivity index (χ1n) is 13.0. The first kappa shape index (κ1) is 26.5. The Bertz CT molecular complexity index is 1040. The molecule has 4 rings (SSSR count). The summed E-state index contributed by atoms with van der Waals surface area (Å²) < 4.78 is 11.8. The van der Waals surface area contributed by atoms with Crippen LogP contribution in [0.2, 0.25) is 0 Å². The molecule has 0 radical (unpaired) electrons. The second-order valence-electron chi connectivity index (χ2n) is 9.86. The second-order valence-corrected chi connectivity index (χ2v) is 12.0. The van der Waals surface area contributed by atoms with E-state index < -0.39 is 7.92 Å². The van der Waals surface area contributed by atoms with Crippen LogP contribution in [0.1, 0.15) is 37.6 Å². The van der Waals surface area contributed by atoms with Crippen molar-refractivity contribution in [3.8, 4) is 0 Å². The highest BCUT2D eigenvalue weighted by Gasteiger charge is 2.29. The quantitative estimate of drug-likeness (QED) is 0.289. The van der Waals surface area contributed by atoms with Crippen molar-refractivity contribution in [2.45, 2.75) is 33.3 Å². The number of nitrogens with zero attached hydrogens (tertiary/aromatic N) is 1. The summed E-state index contributed by atoms with van der Waals surface area (Å²) in [5, 5.41) is 3.48. The number of morpholine rings is 1. The number of rotatable bonds is 10. The Morgan fingerprint density at radius 3 is 2.00 bits per heavy atom. The van der Waals surface area contributed by atoms with Crippen LogP contribution >= 0.6 is 7.92 Å². The highest BCUT2D eigenvalue weighted by molar-refractivity contribution is 7.80. The van der Waals surface area contributed by atoms with Crippen molar-refractivity contribution in [1.29, 1.82) is 0 Å². The fourth-order valence-corrected chi connectivity index (χ4v) is 7.33. The fraction of sp³-hybridized carbons (Fsp3) is 0.387. The molecule has 0 bridgehead atoms. The molecular formula is C31H38NO3P. The van der Waals surface area contributed by atoms with Crippen LogP contribution in [0.3, 0.4) is 0 Å². The second kappa shape index (κ2) is 13.1. The average Bonchev–Trinajstić information content (AvgIpc) is 2.92. The molecule has 4 nitrogen and oxygen atoms in total. The van der Waals surface area contributed by atoms with Gasteiger partial charge in [-0.3, -0.25) is 4.90 Å². The van der Waals surface area contributed by atoms with Crippen LogP contribution in [0.4, 0.5) is 0 Å². The topological polar surface area (TPSA) is 38.8 Å². The summed E-state index contributed by atoms with van der Waals surface area (Å²) in [4.78, 5) is 16.2. The third-order valence-electron chi connectivity index (χ3n) is 6.86. The van der Waals surface area contributed by atoms with Crippen LogP contribution in [0, 0.1) is 11.8 Å². The van der Waals surface area contributed by atoms with E-state index in [0.717, 1.165) is 44.6 Å². The number of hydrogen-bond donors (Lipinski definition) is 0. The summed E-state index contributed by atoms with van der Waals surface area (Å²) in [5.74, 6) is 0.293. The number of hydrogen-bond acceptors (Lipinski definition) is 4. The van der Waals surface area contributed by atoms with E-state index in [0.29, 0.717) is 5.56 Å². The van der Waals surface area contributed by atoms with E-state index in [4.69, 9.17) is 9.47 Å². The Balaban J connectivity index is 1.57. The number of benzene rings is 3. The van der Waals surface area contributed by atoms with Gasteiger partial charge in [-0.1, -0.05) is 99.6 Å². The van der Waals surface area contributed by atoms with Gasteiger partial charge in [0.15, 0.2) is 0 Å². The molecule has 0 aromatic heterocycles. The zero-order valence-corrected chi connectivity index (χ0v) is 22.6. The molecule has 0 aliphatic carbocycles. The monoisotopic (exact) mass is 503 g/mol. The fourth-order valence-electron chi connectivity index (χ4n) is 4.89. The molecule has 3 aromatic carbocycles. The number of esters is 1. The lowest BCUT2D eigenvalue weighted by Gasteiger charge is -2.31. The van der Waals surface area contributed by atoms with Gasteiger partial charge in [-0.05, 0) is 54.7 Å². The van der Waals surface area contributed by atoms with Gasteiger partial charge in [0.05, 0.1) is 18.8 Å². The molecule has 2 atom stereocenters. The average molecular weight is 504 g/mol. The van der Waals surface area contributed by atoms with Crippen LogP contribution in [0.15, 0.2) is 84.9 Å². The summed E-state index contributed by atoms with van der Waals surface area (Å²) in [5.41, 5.74) is 0.669. The SMILES string of the molecule is CC(C)[C@@H](OC(=O)c1ccccc1P(c1ccccc1)c1ccccc1)[C@H](C)CCN1CCOCC1. The minimum atomic E-state index is -0.890. The zero-order chi connectivity index (χ0) is 25.3. The predicted molar refractivity (Wildman–Crippen MR) is 150 cm³/mol. The summed E-state index contributed by atoms with van der Waals surface area (Å²) in [7, 11) is -0.890. The highest BCUT2D eigenvalue weighted by Crippen LogP contribution is 2.34. The molecule has 5 heteroatoms. The van der Waals surface area contributed by atoms with Crippen molar-refractivity contribution in [3.05, 3.63) is 90.5 Å². The molecule has 1 aliphatic rings. The Morgan fingerprint density at radius 1 is 0.861 bits per heavy atom. The first-order valence-corrected chi connectivity index (χ1v) is 14.4. The number of ether oxygens (including phenoxy) is 2. The number of carbonyl (C=O) groups excluding carboxylic acids is 1. The van der Waals surface area contributed by atoms with E-state index in [1.807, 2.05) is 30.3 Å². The summed E-state index contributed by atoms with van der Waals surface area (Å²) in [6, 6.07) is 29.0. The van der Waals surface area contributed by atoms with E-state index >= 15 is 0 Å². The normalized spacial score (nSPS) is 16.1. The van der Waals surface area contributed by atoms with E-state index in [2.05, 4.69) is 80.3 Å². The van der Waals surface area contributed by atoms with Crippen molar-refractivity contribution in [1.82, 2.24) is 4.90 Å². The molecule has 1 heterocycles. The summed E-state index contributed by atoms with van der Waals surface area (Å²) in [6.45, 7) is 11.1. The van der Waals surface area contributed by atoms with E-state index in [1.54, 1.807) is 0 Å². The van der Waals surface area contributed by atoms with Gasteiger partial charge < -0.3 is 9.47 Å². The van der Waals surface area contributed by atoms with Crippen LogP contribution < -0.4 is 15.9 Å². The molecule has 36 heavy (non-hydrogen) atoms. The maximum atomic E-state index is 13.7. The molecule has 190 valence electrons. The Morgan fingerprint density at radius 2 is 1.42 bits per heavy atom. The van der Waals surface area contributed by atoms with Gasteiger partial charge in [0, 0.05) is 13.1 Å². The maximum Gasteiger partial charge on any atom is 0.339 e. The minimum absolute atomic E-state index is 0.133. The zero-order valence-electron chi connectivity index (χ0n) is 21.7. The molecule has 0 N–H and O–H groups in total. The van der Waals surface area contributed by atoms with Gasteiger partial charge in [-0.15, -0.1) is 0 Å². The molecule has 1 fully saturated rings. The third-order valence-corrected chi connectivity index (χ3v) is 9.36. The maximum absolute atomic E-state index is 13.7. The molecule has 0 amide bonds. The molecule has 1 saturated heterocycles. The van der Waals surface area contributed by atoms with E-state index in [-0.39, 0.29) is 23.9 Å². The lowest BCUT2D eigenvalue weighted by molar-refractivity contribution is -0.00609. The van der Waals surface area contributed by atoms with Gasteiger partial charge in [0.2, 0.25) is 0 Å². The molecule has 0 spiro atoms. The molecule has 0 saturated carbocycles. The van der Waals surface area contributed by atoms with Crippen LogP contribution in [0.5, 0.6) is 0 Å². The van der Waals surface area contributed by atoms with Gasteiger partial charge in [-0.2, -0.15) is 0 Å². The first-order chi connectivity index (χ1) is 17.5. The van der Waals surface area contributed by atoms with Gasteiger partial charge in [0.25, 0.3) is 0 Å². The van der Waals surface area contributed by atoms with Crippen LogP contribution in [-0.2, 0) is 9.47 Å². The van der Waals surface area contributed by atoms with Crippen molar-refractivity contribution in [3.63, 3.8) is 0 Å². The molecule has 0 unspecified atom stereocenters. The van der Waals surface area contributed by atoms with Gasteiger partial charge >= 0.3 is 5.97 Å². The van der Waals surface area contributed by atoms with Crippen molar-refractivity contribution in [2.24, 2.45) is 11.8 Å². The minimum Gasteiger partial charge on any atom is -0.458 e. The van der Waals surface area contributed by atoms with Crippen molar-refractivity contribution < 1.29 is 14.3 Å².